The Morgan fingerprint density at radius 1 is 1.37 bits per heavy atom. The molecule has 3 N–H and O–H groups in total. The SMILES string of the molecule is NC(=O)/C=C/c1cn(-c2nn[nH]n2)c2ccccc12. The lowest BCUT2D eigenvalue weighted by molar-refractivity contribution is -0.113. The van der Waals surface area contributed by atoms with Gasteiger partial charge in [-0.2, -0.15) is 5.21 Å². The summed E-state index contributed by atoms with van der Waals surface area (Å²) < 4.78 is 1.79. The number of hydrogen-bond donors (Lipinski definition) is 2. The summed E-state index contributed by atoms with van der Waals surface area (Å²) in [6.45, 7) is 0. The maximum Gasteiger partial charge on any atom is 0.274 e. The molecule has 19 heavy (non-hydrogen) atoms. The van der Waals surface area contributed by atoms with Crippen LogP contribution >= 0.6 is 0 Å². The number of carbonyl (C=O) groups excluding carboxylic acids is 1. The molecule has 94 valence electrons. The molecule has 0 atom stereocenters. The van der Waals surface area contributed by atoms with E-state index in [1.165, 1.54) is 6.08 Å². The van der Waals surface area contributed by atoms with Crippen LogP contribution in [0, 0.1) is 0 Å². The van der Waals surface area contributed by atoms with Crippen molar-refractivity contribution < 1.29 is 4.79 Å². The lowest BCUT2D eigenvalue weighted by Crippen LogP contribution is -2.04. The lowest BCUT2D eigenvalue weighted by Gasteiger charge is -1.96. The summed E-state index contributed by atoms with van der Waals surface area (Å²) >= 11 is 0. The third kappa shape index (κ3) is 1.97. The van der Waals surface area contributed by atoms with E-state index in [0.29, 0.717) is 5.95 Å². The van der Waals surface area contributed by atoms with Crippen molar-refractivity contribution in [3.63, 3.8) is 0 Å². The summed E-state index contributed by atoms with van der Waals surface area (Å²) in [6.07, 6.45) is 4.82. The van der Waals surface area contributed by atoms with Gasteiger partial charge in [0, 0.05) is 23.2 Å². The maximum atomic E-state index is 10.8. The molecule has 0 aliphatic rings. The minimum Gasteiger partial charge on any atom is -0.366 e. The van der Waals surface area contributed by atoms with E-state index in [-0.39, 0.29) is 0 Å². The van der Waals surface area contributed by atoms with E-state index in [2.05, 4.69) is 20.6 Å². The molecule has 0 spiro atoms. The standard InChI is InChI=1S/C12H10N6O/c13-11(19)6-5-8-7-18(12-14-16-17-15-12)10-4-2-1-3-9(8)10/h1-7H,(H2,13,19)(H,14,15,16,17)/b6-5+. The number of nitrogens with two attached hydrogens (primary N) is 1. The Kier molecular flexibility index (Phi) is 2.57. The molecule has 0 radical (unpaired) electrons. The summed E-state index contributed by atoms with van der Waals surface area (Å²) in [4.78, 5) is 10.8. The van der Waals surface area contributed by atoms with Gasteiger partial charge in [0.1, 0.15) is 0 Å². The zero-order valence-electron chi connectivity index (χ0n) is 9.82. The Balaban J connectivity index is 2.22. The first-order valence-corrected chi connectivity index (χ1v) is 5.57. The van der Waals surface area contributed by atoms with E-state index in [9.17, 15) is 4.79 Å². The number of para-hydroxylation sites is 1. The summed E-state index contributed by atoms with van der Waals surface area (Å²) in [5.74, 6) is -0.0497. The quantitative estimate of drug-likeness (QED) is 0.669. The second-order valence-electron chi connectivity index (χ2n) is 3.92. The van der Waals surface area contributed by atoms with Gasteiger partial charge in [0.25, 0.3) is 5.95 Å². The largest absolute Gasteiger partial charge is 0.366 e. The minimum absolute atomic E-state index is 0.440. The highest BCUT2D eigenvalue weighted by atomic mass is 16.1. The van der Waals surface area contributed by atoms with Crippen molar-refractivity contribution in [2.45, 2.75) is 0 Å². The van der Waals surface area contributed by atoms with Crippen LogP contribution < -0.4 is 5.73 Å². The number of nitrogens with one attached hydrogen (secondary N) is 1. The zero-order valence-corrected chi connectivity index (χ0v) is 9.82. The van der Waals surface area contributed by atoms with Crippen molar-refractivity contribution in [2.75, 3.05) is 0 Å². The van der Waals surface area contributed by atoms with Crippen molar-refractivity contribution >= 4 is 22.9 Å². The molecule has 0 bridgehead atoms. The number of tetrazole rings is 1. The number of rotatable bonds is 3. The van der Waals surface area contributed by atoms with Gasteiger partial charge < -0.3 is 5.73 Å². The number of fused-ring (bicyclic) bond motifs is 1. The molecule has 7 heteroatoms. The first-order chi connectivity index (χ1) is 9.25. The van der Waals surface area contributed by atoms with E-state index in [4.69, 9.17) is 5.73 Å². The number of aromatic amines is 1. The number of carbonyl (C=O) groups is 1. The summed E-state index contributed by atoms with van der Waals surface area (Å²) in [5.41, 5.74) is 6.90. The third-order valence-electron chi connectivity index (χ3n) is 2.72. The number of nitrogens with zero attached hydrogens (tertiary/aromatic N) is 4. The van der Waals surface area contributed by atoms with Gasteiger partial charge in [-0.1, -0.05) is 23.3 Å². The van der Waals surface area contributed by atoms with Crippen LogP contribution in [0.4, 0.5) is 0 Å². The fourth-order valence-electron chi connectivity index (χ4n) is 1.93. The molecule has 3 aromatic rings. The third-order valence-corrected chi connectivity index (χ3v) is 2.72. The van der Waals surface area contributed by atoms with E-state index in [1.54, 1.807) is 10.6 Å². The molecule has 0 saturated heterocycles. The van der Waals surface area contributed by atoms with Gasteiger partial charge in [-0.15, -0.1) is 5.10 Å². The molecule has 0 saturated carbocycles. The van der Waals surface area contributed by atoms with Gasteiger partial charge in [0.2, 0.25) is 5.91 Å². The Labute approximate surface area is 107 Å². The van der Waals surface area contributed by atoms with Crippen LogP contribution in [0.2, 0.25) is 0 Å². The Morgan fingerprint density at radius 2 is 2.21 bits per heavy atom. The predicted molar refractivity (Wildman–Crippen MR) is 69.2 cm³/mol. The molecule has 0 fully saturated rings. The molecule has 7 nitrogen and oxygen atoms in total. The van der Waals surface area contributed by atoms with Gasteiger partial charge in [-0.25, -0.2) is 0 Å². The molecule has 3 rings (SSSR count). The van der Waals surface area contributed by atoms with Crippen LogP contribution in [0.1, 0.15) is 5.56 Å². The predicted octanol–water partition coefficient (Wildman–Crippen LogP) is 0.642. The highest BCUT2D eigenvalue weighted by Crippen LogP contribution is 2.24. The maximum absolute atomic E-state index is 10.8. The monoisotopic (exact) mass is 254 g/mol. The van der Waals surface area contributed by atoms with Crippen molar-refractivity contribution in [2.24, 2.45) is 5.73 Å². The van der Waals surface area contributed by atoms with E-state index in [0.717, 1.165) is 16.5 Å². The first-order valence-electron chi connectivity index (χ1n) is 5.57. The second kappa shape index (κ2) is 4.37. The van der Waals surface area contributed by atoms with Crippen molar-refractivity contribution in [1.29, 1.82) is 0 Å². The first kappa shape index (κ1) is 11.1. The highest BCUT2D eigenvalue weighted by molar-refractivity contribution is 5.96. The van der Waals surface area contributed by atoms with Crippen molar-refractivity contribution in [3.8, 4) is 5.95 Å². The van der Waals surface area contributed by atoms with Gasteiger partial charge in [-0.3, -0.25) is 9.36 Å². The highest BCUT2D eigenvalue weighted by Gasteiger charge is 2.10. The number of hydrogen-bond acceptors (Lipinski definition) is 4. The van der Waals surface area contributed by atoms with Crippen LogP contribution in [0.15, 0.2) is 36.5 Å². The van der Waals surface area contributed by atoms with Crippen molar-refractivity contribution in [3.05, 3.63) is 42.1 Å². The molecule has 0 aliphatic heterocycles. The van der Waals surface area contributed by atoms with Gasteiger partial charge in [0.15, 0.2) is 0 Å². The number of amides is 1. The molecule has 2 aromatic heterocycles. The number of benzene rings is 1. The summed E-state index contributed by atoms with van der Waals surface area (Å²) in [7, 11) is 0. The van der Waals surface area contributed by atoms with Crippen LogP contribution in [-0.2, 0) is 4.79 Å². The minimum atomic E-state index is -0.489. The second-order valence-corrected chi connectivity index (χ2v) is 3.92. The molecule has 2 heterocycles. The average molecular weight is 254 g/mol. The van der Waals surface area contributed by atoms with Gasteiger partial charge >= 0.3 is 0 Å². The Bertz CT molecular complexity index is 756. The molecule has 1 amide bonds. The summed E-state index contributed by atoms with van der Waals surface area (Å²) in [6, 6.07) is 7.73. The topological polar surface area (TPSA) is 102 Å². The zero-order chi connectivity index (χ0) is 13.2. The van der Waals surface area contributed by atoms with Crippen molar-refractivity contribution in [1.82, 2.24) is 25.2 Å². The fraction of sp³-hybridized carbons (Fsp3) is 0. The number of H-pyrrole nitrogens is 1. The van der Waals surface area contributed by atoms with Crippen LogP contribution in [0.3, 0.4) is 0 Å². The van der Waals surface area contributed by atoms with Gasteiger partial charge in [-0.05, 0) is 17.4 Å². The fourth-order valence-corrected chi connectivity index (χ4v) is 1.93. The molecule has 0 unspecified atom stereocenters. The molecular formula is C12H10N6O. The molecule has 1 aromatic carbocycles. The normalized spacial score (nSPS) is 11.4. The smallest absolute Gasteiger partial charge is 0.274 e. The van der Waals surface area contributed by atoms with Gasteiger partial charge in [0.05, 0.1) is 5.52 Å². The van der Waals surface area contributed by atoms with E-state index >= 15 is 0 Å². The van der Waals surface area contributed by atoms with E-state index < -0.39 is 5.91 Å². The van der Waals surface area contributed by atoms with E-state index in [1.807, 2.05) is 30.5 Å². The van der Waals surface area contributed by atoms with Crippen LogP contribution in [-0.4, -0.2) is 31.1 Å². The number of primary amides is 1. The number of aromatic nitrogens is 5. The summed E-state index contributed by atoms with van der Waals surface area (Å²) in [5, 5.41) is 14.8. The molecule has 0 aliphatic carbocycles. The lowest BCUT2D eigenvalue weighted by atomic mass is 10.1. The van der Waals surface area contributed by atoms with Crippen LogP contribution in [0.5, 0.6) is 0 Å². The Morgan fingerprint density at radius 3 is 2.95 bits per heavy atom. The van der Waals surface area contributed by atoms with Crippen LogP contribution in [0.25, 0.3) is 22.9 Å². The average Bonchev–Trinajstić information content (AvgIpc) is 3.03. The molecular weight excluding hydrogens is 244 g/mol. The Hall–Kier alpha value is -2.96.